The summed E-state index contributed by atoms with van der Waals surface area (Å²) in [5, 5.41) is 3.16. The van der Waals surface area contributed by atoms with E-state index in [1.807, 2.05) is 13.8 Å². The van der Waals surface area contributed by atoms with Crippen LogP contribution in [0.4, 0.5) is 0 Å². The van der Waals surface area contributed by atoms with Crippen molar-refractivity contribution in [2.45, 2.75) is 58.5 Å². The minimum atomic E-state index is -3.12. The molecular weight excluding hydrogens is 248 g/mol. The summed E-state index contributed by atoms with van der Waals surface area (Å²) in [5.74, 6) is 0.682. The SMILES string of the molecule is CC(C)NCCS(=O)(=O)N(C)C1CCCCC1C. The van der Waals surface area contributed by atoms with Crippen LogP contribution < -0.4 is 5.32 Å². The molecule has 4 nitrogen and oxygen atoms in total. The molecule has 0 radical (unpaired) electrons. The molecule has 0 amide bonds. The van der Waals surface area contributed by atoms with Gasteiger partial charge in [0.1, 0.15) is 0 Å². The Balaban J connectivity index is 2.54. The van der Waals surface area contributed by atoms with Crippen molar-refractivity contribution in [3.8, 4) is 0 Å². The second kappa shape index (κ2) is 6.87. The standard InChI is InChI=1S/C13H28N2O2S/c1-11(2)14-9-10-18(16,17)15(4)13-8-6-5-7-12(13)3/h11-14H,5-10H2,1-4H3. The molecule has 18 heavy (non-hydrogen) atoms. The second-order valence-electron chi connectivity index (χ2n) is 5.77. The van der Waals surface area contributed by atoms with E-state index in [4.69, 9.17) is 0 Å². The smallest absolute Gasteiger partial charge is 0.215 e. The molecule has 1 aliphatic rings. The summed E-state index contributed by atoms with van der Waals surface area (Å²) in [4.78, 5) is 0. The fourth-order valence-corrected chi connectivity index (χ4v) is 4.05. The summed E-state index contributed by atoms with van der Waals surface area (Å²) in [6, 6.07) is 0.530. The molecule has 0 heterocycles. The molecule has 108 valence electrons. The van der Waals surface area contributed by atoms with Crippen molar-refractivity contribution < 1.29 is 8.42 Å². The van der Waals surface area contributed by atoms with Crippen LogP contribution in [0.15, 0.2) is 0 Å². The van der Waals surface area contributed by atoms with Crippen molar-refractivity contribution in [2.75, 3.05) is 19.3 Å². The number of sulfonamides is 1. The van der Waals surface area contributed by atoms with Crippen molar-refractivity contribution in [2.24, 2.45) is 5.92 Å². The molecule has 2 atom stereocenters. The Kier molecular flexibility index (Phi) is 6.08. The first kappa shape index (κ1) is 15.9. The first-order chi connectivity index (χ1) is 8.34. The highest BCUT2D eigenvalue weighted by atomic mass is 32.2. The third kappa shape index (κ3) is 4.52. The number of hydrogen-bond acceptors (Lipinski definition) is 3. The van der Waals surface area contributed by atoms with Crippen molar-refractivity contribution in [1.29, 1.82) is 0 Å². The number of rotatable bonds is 6. The lowest BCUT2D eigenvalue weighted by Crippen LogP contribution is -2.45. The van der Waals surface area contributed by atoms with Gasteiger partial charge in [-0.25, -0.2) is 12.7 Å². The molecule has 0 aromatic carbocycles. The predicted molar refractivity (Wildman–Crippen MR) is 76.1 cm³/mol. The monoisotopic (exact) mass is 276 g/mol. The molecule has 0 aromatic heterocycles. The maximum Gasteiger partial charge on any atom is 0.215 e. The number of nitrogens with one attached hydrogen (secondary N) is 1. The van der Waals surface area contributed by atoms with Gasteiger partial charge in [0.15, 0.2) is 0 Å². The van der Waals surface area contributed by atoms with E-state index in [9.17, 15) is 8.42 Å². The van der Waals surface area contributed by atoms with Gasteiger partial charge in [-0.05, 0) is 18.8 Å². The van der Waals surface area contributed by atoms with E-state index in [1.54, 1.807) is 11.4 Å². The Labute approximate surface area is 112 Å². The molecule has 0 spiro atoms. The van der Waals surface area contributed by atoms with Crippen molar-refractivity contribution in [3.05, 3.63) is 0 Å². The molecule has 0 bridgehead atoms. The van der Waals surface area contributed by atoms with Crippen LogP contribution in [0.3, 0.4) is 0 Å². The van der Waals surface area contributed by atoms with Gasteiger partial charge in [-0.2, -0.15) is 0 Å². The minimum absolute atomic E-state index is 0.197. The molecule has 1 rings (SSSR count). The van der Waals surface area contributed by atoms with Crippen LogP contribution in [0.25, 0.3) is 0 Å². The van der Waals surface area contributed by atoms with E-state index in [1.165, 1.54) is 6.42 Å². The van der Waals surface area contributed by atoms with E-state index in [0.717, 1.165) is 19.3 Å². The highest BCUT2D eigenvalue weighted by Crippen LogP contribution is 2.28. The highest BCUT2D eigenvalue weighted by Gasteiger charge is 2.31. The fraction of sp³-hybridized carbons (Fsp3) is 1.00. The molecule has 0 saturated heterocycles. The van der Waals surface area contributed by atoms with Crippen LogP contribution >= 0.6 is 0 Å². The highest BCUT2D eigenvalue weighted by molar-refractivity contribution is 7.89. The zero-order chi connectivity index (χ0) is 13.8. The maximum absolute atomic E-state index is 12.2. The average molecular weight is 276 g/mol. The first-order valence-electron chi connectivity index (χ1n) is 7.03. The lowest BCUT2D eigenvalue weighted by molar-refractivity contribution is 0.213. The molecule has 2 unspecified atom stereocenters. The summed E-state index contributed by atoms with van der Waals surface area (Å²) >= 11 is 0. The van der Waals surface area contributed by atoms with E-state index in [-0.39, 0.29) is 11.8 Å². The van der Waals surface area contributed by atoms with Gasteiger partial charge in [-0.3, -0.25) is 0 Å². The van der Waals surface area contributed by atoms with Crippen LogP contribution in [-0.2, 0) is 10.0 Å². The van der Waals surface area contributed by atoms with Crippen LogP contribution in [0.5, 0.6) is 0 Å². The van der Waals surface area contributed by atoms with Gasteiger partial charge in [0.05, 0.1) is 5.75 Å². The lowest BCUT2D eigenvalue weighted by atomic mass is 9.86. The zero-order valence-corrected chi connectivity index (χ0v) is 13.0. The molecule has 1 fully saturated rings. The molecule has 1 aliphatic carbocycles. The lowest BCUT2D eigenvalue weighted by Gasteiger charge is -2.35. The first-order valence-corrected chi connectivity index (χ1v) is 8.64. The predicted octanol–water partition coefficient (Wildman–Crippen LogP) is 1.82. The third-order valence-electron chi connectivity index (χ3n) is 3.88. The third-order valence-corrected chi connectivity index (χ3v) is 5.75. The molecule has 0 aliphatic heterocycles. The Morgan fingerprint density at radius 1 is 1.28 bits per heavy atom. The quantitative estimate of drug-likeness (QED) is 0.805. The minimum Gasteiger partial charge on any atom is -0.313 e. The van der Waals surface area contributed by atoms with Crippen LogP contribution in [-0.4, -0.2) is 44.2 Å². The Bertz CT molecular complexity index is 341. The van der Waals surface area contributed by atoms with Crippen LogP contribution in [0, 0.1) is 5.92 Å². The largest absolute Gasteiger partial charge is 0.313 e. The summed E-state index contributed by atoms with van der Waals surface area (Å²) in [7, 11) is -1.37. The fourth-order valence-electron chi connectivity index (χ4n) is 2.66. The summed E-state index contributed by atoms with van der Waals surface area (Å²) in [6.45, 7) is 6.76. The van der Waals surface area contributed by atoms with Crippen LogP contribution in [0.1, 0.15) is 46.5 Å². The summed E-state index contributed by atoms with van der Waals surface area (Å²) in [6.07, 6.45) is 4.54. The normalized spacial score (nSPS) is 25.9. The van der Waals surface area contributed by atoms with E-state index in [2.05, 4.69) is 12.2 Å². The second-order valence-corrected chi connectivity index (χ2v) is 7.92. The van der Waals surface area contributed by atoms with Crippen molar-refractivity contribution >= 4 is 10.0 Å². The number of hydrogen-bond donors (Lipinski definition) is 1. The van der Waals surface area contributed by atoms with Gasteiger partial charge >= 0.3 is 0 Å². The Morgan fingerprint density at radius 2 is 1.89 bits per heavy atom. The van der Waals surface area contributed by atoms with Gasteiger partial charge in [-0.15, -0.1) is 0 Å². The Hall–Kier alpha value is -0.130. The zero-order valence-electron chi connectivity index (χ0n) is 12.1. The van der Waals surface area contributed by atoms with Crippen molar-refractivity contribution in [3.63, 3.8) is 0 Å². The van der Waals surface area contributed by atoms with E-state index in [0.29, 0.717) is 18.5 Å². The maximum atomic E-state index is 12.2. The molecule has 1 N–H and O–H groups in total. The van der Waals surface area contributed by atoms with Gasteiger partial charge in [0, 0.05) is 25.7 Å². The summed E-state index contributed by atoms with van der Waals surface area (Å²) < 4.78 is 26.1. The van der Waals surface area contributed by atoms with E-state index >= 15 is 0 Å². The van der Waals surface area contributed by atoms with Gasteiger partial charge < -0.3 is 5.32 Å². The van der Waals surface area contributed by atoms with Gasteiger partial charge in [-0.1, -0.05) is 33.6 Å². The van der Waals surface area contributed by atoms with Gasteiger partial charge in [0.25, 0.3) is 0 Å². The Morgan fingerprint density at radius 3 is 2.44 bits per heavy atom. The average Bonchev–Trinajstić information content (AvgIpc) is 2.28. The molecule has 0 aromatic rings. The van der Waals surface area contributed by atoms with E-state index < -0.39 is 10.0 Å². The molecule has 5 heteroatoms. The van der Waals surface area contributed by atoms with Gasteiger partial charge in [0.2, 0.25) is 10.0 Å². The van der Waals surface area contributed by atoms with Crippen molar-refractivity contribution in [1.82, 2.24) is 9.62 Å². The molecular formula is C13H28N2O2S. The topological polar surface area (TPSA) is 49.4 Å². The number of nitrogens with zero attached hydrogens (tertiary/aromatic N) is 1. The van der Waals surface area contributed by atoms with Crippen LogP contribution in [0.2, 0.25) is 0 Å². The molecule has 1 saturated carbocycles. The summed E-state index contributed by atoms with van der Waals surface area (Å²) in [5.41, 5.74) is 0.